The minimum absolute atomic E-state index is 0.146. The van der Waals surface area contributed by atoms with Gasteiger partial charge in [-0.15, -0.1) is 11.3 Å². The van der Waals surface area contributed by atoms with Crippen molar-refractivity contribution < 1.29 is 14.7 Å². The van der Waals surface area contributed by atoms with Gasteiger partial charge in [0.25, 0.3) is 0 Å². The Morgan fingerprint density at radius 2 is 1.80 bits per heavy atom. The third kappa shape index (κ3) is 4.20. The van der Waals surface area contributed by atoms with Crippen LogP contribution in [0.3, 0.4) is 0 Å². The smallest absolute Gasteiger partial charge is 0.339 e. The van der Waals surface area contributed by atoms with Crippen LogP contribution in [0.1, 0.15) is 48.0 Å². The molecule has 1 aliphatic rings. The molecule has 2 aromatic rings. The van der Waals surface area contributed by atoms with Crippen molar-refractivity contribution in [3.63, 3.8) is 0 Å². The highest BCUT2D eigenvalue weighted by atomic mass is 32.1. The number of urea groups is 1. The van der Waals surface area contributed by atoms with Crippen LogP contribution in [-0.2, 0) is 0 Å². The number of amides is 2. The van der Waals surface area contributed by atoms with E-state index in [9.17, 15) is 14.7 Å². The van der Waals surface area contributed by atoms with E-state index < -0.39 is 5.97 Å². The number of carbonyl (C=O) groups excluding carboxylic acids is 1. The summed E-state index contributed by atoms with van der Waals surface area (Å²) in [5, 5.41) is 17.5. The van der Waals surface area contributed by atoms with Crippen molar-refractivity contribution in [2.75, 3.05) is 5.32 Å². The fourth-order valence-electron chi connectivity index (χ4n) is 3.18. The standard InChI is InChI=1S/C19H22N2O3S/c1-12-7-9-13(10-8-12)15-11-25-17(16(15)18(22)23)21-19(24)20-14-5-3-2-4-6-14/h7-11,14H,2-6H2,1H3,(H,22,23)(H2,20,21,24). The second kappa shape index (κ2) is 7.70. The number of rotatable bonds is 4. The van der Waals surface area contributed by atoms with Crippen molar-refractivity contribution in [3.05, 3.63) is 40.8 Å². The van der Waals surface area contributed by atoms with Crippen LogP contribution in [0.15, 0.2) is 29.6 Å². The van der Waals surface area contributed by atoms with Crippen LogP contribution in [0.2, 0.25) is 0 Å². The van der Waals surface area contributed by atoms with Gasteiger partial charge in [0.05, 0.1) is 0 Å². The summed E-state index contributed by atoms with van der Waals surface area (Å²) in [7, 11) is 0. The van der Waals surface area contributed by atoms with Gasteiger partial charge in [0, 0.05) is 17.0 Å². The van der Waals surface area contributed by atoms with Crippen LogP contribution in [-0.4, -0.2) is 23.1 Å². The zero-order chi connectivity index (χ0) is 17.8. The van der Waals surface area contributed by atoms with Gasteiger partial charge in [-0.3, -0.25) is 5.32 Å². The molecule has 0 saturated heterocycles. The van der Waals surface area contributed by atoms with Crippen LogP contribution in [0, 0.1) is 6.92 Å². The van der Waals surface area contributed by atoms with Gasteiger partial charge in [-0.05, 0) is 25.3 Å². The number of carboxylic acids is 1. The number of anilines is 1. The maximum atomic E-state index is 12.2. The van der Waals surface area contributed by atoms with Crippen LogP contribution in [0.5, 0.6) is 0 Å². The second-order valence-electron chi connectivity index (χ2n) is 6.46. The summed E-state index contributed by atoms with van der Waals surface area (Å²) in [5.74, 6) is -1.04. The Kier molecular flexibility index (Phi) is 5.38. The number of benzene rings is 1. The lowest BCUT2D eigenvalue weighted by molar-refractivity contribution is 0.0699. The number of carboxylic acid groups (broad SMARTS) is 1. The Balaban J connectivity index is 1.78. The number of hydrogen-bond acceptors (Lipinski definition) is 3. The van der Waals surface area contributed by atoms with Gasteiger partial charge in [0.1, 0.15) is 10.6 Å². The number of carbonyl (C=O) groups is 2. The van der Waals surface area contributed by atoms with Gasteiger partial charge in [-0.1, -0.05) is 49.1 Å². The Morgan fingerprint density at radius 3 is 2.44 bits per heavy atom. The van der Waals surface area contributed by atoms with Crippen molar-refractivity contribution in [1.82, 2.24) is 5.32 Å². The van der Waals surface area contributed by atoms with Crippen LogP contribution >= 0.6 is 11.3 Å². The largest absolute Gasteiger partial charge is 0.478 e. The average molecular weight is 358 g/mol. The van der Waals surface area contributed by atoms with Crippen molar-refractivity contribution >= 4 is 28.3 Å². The molecule has 0 atom stereocenters. The predicted octanol–water partition coefficient (Wildman–Crippen LogP) is 4.88. The summed E-state index contributed by atoms with van der Waals surface area (Å²) in [6.45, 7) is 1.98. The molecule has 3 rings (SSSR count). The summed E-state index contributed by atoms with van der Waals surface area (Å²) in [5.41, 5.74) is 2.72. The van der Waals surface area contributed by atoms with Crippen molar-refractivity contribution in [1.29, 1.82) is 0 Å². The zero-order valence-corrected chi connectivity index (χ0v) is 15.0. The lowest BCUT2D eigenvalue weighted by Gasteiger charge is -2.22. The van der Waals surface area contributed by atoms with Gasteiger partial charge in [0.2, 0.25) is 0 Å². The minimum atomic E-state index is -1.04. The quantitative estimate of drug-likeness (QED) is 0.729. The van der Waals surface area contributed by atoms with E-state index in [1.54, 1.807) is 5.38 Å². The molecule has 25 heavy (non-hydrogen) atoms. The fourth-order valence-corrected chi connectivity index (χ4v) is 4.14. The van der Waals surface area contributed by atoms with Crippen LogP contribution in [0.25, 0.3) is 11.1 Å². The lowest BCUT2D eigenvalue weighted by atomic mass is 9.96. The highest BCUT2D eigenvalue weighted by Gasteiger charge is 2.22. The first-order chi connectivity index (χ1) is 12.0. The Labute approximate surface area is 151 Å². The van der Waals surface area contributed by atoms with Gasteiger partial charge in [-0.25, -0.2) is 9.59 Å². The summed E-state index contributed by atoms with van der Waals surface area (Å²) in [6.07, 6.45) is 5.44. The molecule has 6 heteroatoms. The SMILES string of the molecule is Cc1ccc(-c2csc(NC(=O)NC3CCCCC3)c2C(=O)O)cc1. The average Bonchev–Trinajstić information content (AvgIpc) is 3.00. The van der Waals surface area contributed by atoms with Gasteiger partial charge < -0.3 is 10.4 Å². The lowest BCUT2D eigenvalue weighted by Crippen LogP contribution is -2.39. The van der Waals surface area contributed by atoms with E-state index in [-0.39, 0.29) is 17.6 Å². The highest BCUT2D eigenvalue weighted by molar-refractivity contribution is 7.15. The highest BCUT2D eigenvalue weighted by Crippen LogP contribution is 2.35. The molecule has 2 amide bonds. The van der Waals surface area contributed by atoms with Gasteiger partial charge in [-0.2, -0.15) is 0 Å². The molecule has 3 N–H and O–H groups in total. The number of aryl methyl sites for hydroxylation is 1. The fraction of sp³-hybridized carbons (Fsp3) is 0.368. The number of aromatic carboxylic acids is 1. The van der Waals surface area contributed by atoms with Gasteiger partial charge in [0.15, 0.2) is 0 Å². The third-order valence-electron chi connectivity index (χ3n) is 4.53. The van der Waals surface area contributed by atoms with E-state index in [2.05, 4.69) is 10.6 Å². The molecule has 0 unspecified atom stereocenters. The number of hydrogen-bond donors (Lipinski definition) is 3. The molecular formula is C19H22N2O3S. The first-order valence-corrected chi connectivity index (χ1v) is 9.42. The van der Waals surface area contributed by atoms with E-state index in [0.717, 1.165) is 36.8 Å². The Bertz CT molecular complexity index is 761. The first-order valence-electron chi connectivity index (χ1n) is 8.54. The summed E-state index contributed by atoms with van der Waals surface area (Å²) in [4.78, 5) is 24.0. The van der Waals surface area contributed by atoms with E-state index in [0.29, 0.717) is 10.6 Å². The molecule has 1 fully saturated rings. The van der Waals surface area contributed by atoms with E-state index in [4.69, 9.17) is 0 Å². The molecule has 1 aromatic carbocycles. The Morgan fingerprint density at radius 1 is 1.12 bits per heavy atom. The van der Waals surface area contributed by atoms with Crippen molar-refractivity contribution in [3.8, 4) is 11.1 Å². The summed E-state index contributed by atoms with van der Waals surface area (Å²) in [6, 6.07) is 7.54. The molecule has 0 bridgehead atoms. The molecule has 1 aliphatic carbocycles. The van der Waals surface area contributed by atoms with Crippen LogP contribution < -0.4 is 10.6 Å². The first kappa shape index (κ1) is 17.5. The molecule has 1 heterocycles. The molecule has 1 saturated carbocycles. The van der Waals surface area contributed by atoms with Crippen molar-refractivity contribution in [2.45, 2.75) is 45.1 Å². The summed E-state index contributed by atoms with van der Waals surface area (Å²) < 4.78 is 0. The molecule has 0 spiro atoms. The molecule has 1 aromatic heterocycles. The monoisotopic (exact) mass is 358 g/mol. The minimum Gasteiger partial charge on any atom is -0.478 e. The number of thiophene rings is 1. The molecule has 0 aliphatic heterocycles. The predicted molar refractivity (Wildman–Crippen MR) is 100 cm³/mol. The molecule has 0 radical (unpaired) electrons. The third-order valence-corrected chi connectivity index (χ3v) is 5.43. The molecule has 132 valence electrons. The van der Waals surface area contributed by atoms with E-state index >= 15 is 0 Å². The summed E-state index contributed by atoms with van der Waals surface area (Å²) >= 11 is 1.24. The second-order valence-corrected chi connectivity index (χ2v) is 7.34. The van der Waals surface area contributed by atoms with Crippen LogP contribution in [0.4, 0.5) is 9.80 Å². The zero-order valence-electron chi connectivity index (χ0n) is 14.2. The van der Waals surface area contributed by atoms with E-state index in [1.807, 2.05) is 31.2 Å². The molecule has 5 nitrogen and oxygen atoms in total. The Hall–Kier alpha value is -2.34. The normalized spacial score (nSPS) is 14.9. The van der Waals surface area contributed by atoms with Crippen molar-refractivity contribution in [2.24, 2.45) is 0 Å². The maximum Gasteiger partial charge on any atom is 0.339 e. The topological polar surface area (TPSA) is 78.4 Å². The maximum absolute atomic E-state index is 12.2. The number of nitrogens with one attached hydrogen (secondary N) is 2. The van der Waals surface area contributed by atoms with Gasteiger partial charge >= 0.3 is 12.0 Å². The van der Waals surface area contributed by atoms with E-state index in [1.165, 1.54) is 17.8 Å². The molecular weight excluding hydrogens is 336 g/mol.